The van der Waals surface area contributed by atoms with Crippen molar-refractivity contribution < 1.29 is 19.1 Å². The van der Waals surface area contributed by atoms with Gasteiger partial charge in [-0.3, -0.25) is 4.79 Å². The van der Waals surface area contributed by atoms with E-state index in [1.807, 2.05) is 38.1 Å². The molecule has 7 nitrogen and oxygen atoms in total. The fourth-order valence-corrected chi connectivity index (χ4v) is 3.48. The quantitative estimate of drug-likeness (QED) is 0.763. The topological polar surface area (TPSA) is 88.7 Å². The monoisotopic (exact) mass is 379 g/mol. The lowest BCUT2D eigenvalue weighted by Gasteiger charge is -2.29. The zero-order valence-electron chi connectivity index (χ0n) is 15.9. The SMILES string of the molecule is CC1=C(C(=O)Nc2ccc(C)cc2C)[C@@H](c2ccc3c(c2)OCO3)NC(=O)N1. The van der Waals surface area contributed by atoms with Crippen LogP contribution in [0.2, 0.25) is 0 Å². The summed E-state index contributed by atoms with van der Waals surface area (Å²) in [6, 6.07) is 10.3. The van der Waals surface area contributed by atoms with Gasteiger partial charge in [-0.05, 0) is 50.1 Å². The zero-order valence-corrected chi connectivity index (χ0v) is 15.9. The molecular formula is C21H21N3O4. The normalized spacial score (nSPS) is 17.8. The highest BCUT2D eigenvalue weighted by molar-refractivity contribution is 6.07. The molecule has 0 aliphatic carbocycles. The van der Waals surface area contributed by atoms with Crippen LogP contribution in [0.1, 0.15) is 29.7 Å². The van der Waals surface area contributed by atoms with E-state index in [4.69, 9.17) is 9.47 Å². The summed E-state index contributed by atoms with van der Waals surface area (Å²) < 4.78 is 10.8. The first kappa shape index (κ1) is 17.9. The van der Waals surface area contributed by atoms with E-state index >= 15 is 0 Å². The van der Waals surface area contributed by atoms with Crippen LogP contribution in [0.3, 0.4) is 0 Å². The molecule has 0 fully saturated rings. The summed E-state index contributed by atoms with van der Waals surface area (Å²) in [4.78, 5) is 25.2. The van der Waals surface area contributed by atoms with Crippen molar-refractivity contribution in [2.24, 2.45) is 0 Å². The Morgan fingerprint density at radius 3 is 2.64 bits per heavy atom. The number of ether oxygens (including phenoxy) is 2. The van der Waals surface area contributed by atoms with Gasteiger partial charge < -0.3 is 25.4 Å². The first-order valence-electron chi connectivity index (χ1n) is 8.99. The number of carbonyl (C=O) groups is 2. The molecule has 0 aromatic heterocycles. The Balaban J connectivity index is 1.68. The molecule has 28 heavy (non-hydrogen) atoms. The first-order chi connectivity index (χ1) is 13.4. The summed E-state index contributed by atoms with van der Waals surface area (Å²) in [5, 5.41) is 8.47. The molecule has 3 N–H and O–H groups in total. The molecule has 1 atom stereocenters. The number of allylic oxidation sites excluding steroid dienone is 1. The molecule has 2 aromatic carbocycles. The van der Waals surface area contributed by atoms with Gasteiger partial charge in [-0.1, -0.05) is 23.8 Å². The largest absolute Gasteiger partial charge is 0.454 e. The summed E-state index contributed by atoms with van der Waals surface area (Å²) in [6.45, 7) is 5.82. The van der Waals surface area contributed by atoms with Crippen molar-refractivity contribution in [3.8, 4) is 11.5 Å². The molecule has 144 valence electrons. The number of urea groups is 1. The third-order valence-electron chi connectivity index (χ3n) is 4.87. The summed E-state index contributed by atoms with van der Waals surface area (Å²) in [5.74, 6) is 0.961. The van der Waals surface area contributed by atoms with Gasteiger partial charge in [0.05, 0.1) is 11.6 Å². The van der Waals surface area contributed by atoms with Gasteiger partial charge in [0.15, 0.2) is 11.5 Å². The van der Waals surface area contributed by atoms with Crippen LogP contribution >= 0.6 is 0 Å². The van der Waals surface area contributed by atoms with E-state index in [1.165, 1.54) is 0 Å². The van der Waals surface area contributed by atoms with Gasteiger partial charge in [0, 0.05) is 11.4 Å². The Hall–Kier alpha value is -3.48. The van der Waals surface area contributed by atoms with Crippen LogP contribution < -0.4 is 25.4 Å². The molecule has 0 spiro atoms. The number of carbonyl (C=O) groups excluding carboxylic acids is 2. The van der Waals surface area contributed by atoms with E-state index in [-0.39, 0.29) is 18.7 Å². The number of hydrogen-bond donors (Lipinski definition) is 3. The fraction of sp³-hybridized carbons (Fsp3) is 0.238. The highest BCUT2D eigenvalue weighted by Gasteiger charge is 2.32. The van der Waals surface area contributed by atoms with Gasteiger partial charge in [-0.2, -0.15) is 0 Å². The summed E-state index contributed by atoms with van der Waals surface area (Å²) in [7, 11) is 0. The minimum atomic E-state index is -0.603. The number of fused-ring (bicyclic) bond motifs is 1. The van der Waals surface area contributed by atoms with Crippen molar-refractivity contribution in [1.82, 2.24) is 10.6 Å². The predicted octanol–water partition coefficient (Wildman–Crippen LogP) is 3.30. The smallest absolute Gasteiger partial charge is 0.319 e. The lowest BCUT2D eigenvalue weighted by Crippen LogP contribution is -2.46. The highest BCUT2D eigenvalue weighted by Crippen LogP contribution is 2.37. The number of aryl methyl sites for hydroxylation is 2. The number of benzene rings is 2. The van der Waals surface area contributed by atoms with Crippen LogP contribution in [0.5, 0.6) is 11.5 Å². The highest BCUT2D eigenvalue weighted by atomic mass is 16.7. The zero-order chi connectivity index (χ0) is 19.8. The van der Waals surface area contributed by atoms with Crippen molar-refractivity contribution in [3.63, 3.8) is 0 Å². The van der Waals surface area contributed by atoms with Gasteiger partial charge in [0.1, 0.15) is 0 Å². The number of amides is 3. The van der Waals surface area contributed by atoms with Crippen LogP contribution in [0.25, 0.3) is 0 Å². The Morgan fingerprint density at radius 2 is 1.86 bits per heavy atom. The van der Waals surface area contributed by atoms with Crippen molar-refractivity contribution >= 4 is 17.6 Å². The summed E-state index contributed by atoms with van der Waals surface area (Å²) in [6.07, 6.45) is 0. The average molecular weight is 379 g/mol. The van der Waals surface area contributed by atoms with Gasteiger partial charge in [-0.15, -0.1) is 0 Å². The van der Waals surface area contributed by atoms with Crippen molar-refractivity contribution in [3.05, 3.63) is 64.4 Å². The number of rotatable bonds is 3. The molecule has 0 saturated carbocycles. The number of anilines is 1. The summed E-state index contributed by atoms with van der Waals surface area (Å²) >= 11 is 0. The maximum atomic E-state index is 13.1. The molecule has 0 unspecified atom stereocenters. The van der Waals surface area contributed by atoms with E-state index in [0.29, 0.717) is 22.8 Å². The van der Waals surface area contributed by atoms with Crippen molar-refractivity contribution in [1.29, 1.82) is 0 Å². The molecule has 3 amide bonds. The minimum absolute atomic E-state index is 0.159. The van der Waals surface area contributed by atoms with E-state index in [1.54, 1.807) is 19.1 Å². The van der Waals surface area contributed by atoms with E-state index < -0.39 is 6.04 Å². The van der Waals surface area contributed by atoms with Crippen molar-refractivity contribution in [2.45, 2.75) is 26.8 Å². The molecule has 2 aliphatic heterocycles. The van der Waals surface area contributed by atoms with Crippen LogP contribution in [0.4, 0.5) is 10.5 Å². The second-order valence-electron chi connectivity index (χ2n) is 6.96. The second kappa shape index (κ2) is 6.92. The lowest BCUT2D eigenvalue weighted by molar-refractivity contribution is -0.113. The minimum Gasteiger partial charge on any atom is -0.454 e. The molecule has 4 rings (SSSR count). The number of nitrogens with one attached hydrogen (secondary N) is 3. The maximum Gasteiger partial charge on any atom is 0.319 e. The Kier molecular flexibility index (Phi) is 4.43. The standard InChI is InChI=1S/C21H21N3O4/c1-11-4-6-15(12(2)8-11)23-20(25)18-13(3)22-21(26)24-19(18)14-5-7-16-17(9-14)28-10-27-16/h4-9,19H,10H2,1-3H3,(H,23,25)(H2,22,24,26)/t19-/m1/s1. The first-order valence-corrected chi connectivity index (χ1v) is 8.99. The van der Waals surface area contributed by atoms with Crippen LogP contribution in [0, 0.1) is 13.8 Å². The van der Waals surface area contributed by atoms with Gasteiger partial charge in [-0.25, -0.2) is 4.79 Å². The van der Waals surface area contributed by atoms with E-state index in [9.17, 15) is 9.59 Å². The maximum absolute atomic E-state index is 13.1. The van der Waals surface area contributed by atoms with Crippen molar-refractivity contribution in [2.75, 3.05) is 12.1 Å². The van der Waals surface area contributed by atoms with Crippen LogP contribution in [0.15, 0.2) is 47.7 Å². The van der Waals surface area contributed by atoms with Crippen LogP contribution in [-0.2, 0) is 4.79 Å². The van der Waals surface area contributed by atoms with Crippen LogP contribution in [-0.4, -0.2) is 18.7 Å². The van der Waals surface area contributed by atoms with Gasteiger partial charge in [0.25, 0.3) is 5.91 Å². The molecule has 2 aliphatic rings. The lowest BCUT2D eigenvalue weighted by atomic mass is 9.94. The molecule has 0 bridgehead atoms. The molecule has 7 heteroatoms. The Bertz CT molecular complexity index is 1010. The third-order valence-corrected chi connectivity index (χ3v) is 4.87. The Labute approximate surface area is 162 Å². The van der Waals surface area contributed by atoms with Gasteiger partial charge in [0.2, 0.25) is 6.79 Å². The molecular weight excluding hydrogens is 358 g/mol. The van der Waals surface area contributed by atoms with Gasteiger partial charge >= 0.3 is 6.03 Å². The number of hydrogen-bond acceptors (Lipinski definition) is 4. The molecule has 0 saturated heterocycles. The fourth-order valence-electron chi connectivity index (χ4n) is 3.48. The predicted molar refractivity (Wildman–Crippen MR) is 104 cm³/mol. The Morgan fingerprint density at radius 1 is 1.07 bits per heavy atom. The second-order valence-corrected chi connectivity index (χ2v) is 6.96. The summed E-state index contributed by atoms with van der Waals surface area (Å²) in [5.41, 5.74) is 4.52. The third kappa shape index (κ3) is 3.26. The van der Waals surface area contributed by atoms with E-state index in [0.717, 1.165) is 22.4 Å². The molecule has 0 radical (unpaired) electrons. The molecule has 2 heterocycles. The van der Waals surface area contributed by atoms with E-state index in [2.05, 4.69) is 16.0 Å². The average Bonchev–Trinajstić information content (AvgIpc) is 3.11. The molecule has 2 aromatic rings.